The Morgan fingerprint density at radius 2 is 1.90 bits per heavy atom. The van der Waals surface area contributed by atoms with Gasteiger partial charge in [-0.05, 0) is 18.2 Å². The molecule has 1 aromatic carbocycles. The van der Waals surface area contributed by atoms with Crippen LogP contribution in [-0.4, -0.2) is 22.7 Å². The van der Waals surface area contributed by atoms with Crippen LogP contribution in [0.15, 0.2) is 36.5 Å². The second kappa shape index (κ2) is 4.34. The highest BCUT2D eigenvalue weighted by Gasteiger charge is 2.27. The van der Waals surface area contributed by atoms with Gasteiger partial charge in [-0.25, -0.2) is 4.90 Å². The quantitative estimate of drug-likeness (QED) is 0.811. The first kappa shape index (κ1) is 12.2. The second-order valence-corrected chi connectivity index (χ2v) is 4.46. The van der Waals surface area contributed by atoms with Crippen LogP contribution in [0.25, 0.3) is 10.9 Å². The van der Waals surface area contributed by atoms with E-state index in [2.05, 4.69) is 10.3 Å². The lowest BCUT2D eigenvalue weighted by atomic mass is 10.2. The fourth-order valence-electron chi connectivity index (χ4n) is 2.21. The summed E-state index contributed by atoms with van der Waals surface area (Å²) in [7, 11) is 0. The van der Waals surface area contributed by atoms with Gasteiger partial charge in [0.2, 0.25) is 5.91 Å². The number of nitrogens with zero attached hydrogens (tertiary/aromatic N) is 1. The second-order valence-electron chi connectivity index (χ2n) is 4.46. The molecule has 1 aliphatic heterocycles. The molecule has 0 spiro atoms. The van der Waals surface area contributed by atoms with Crippen molar-refractivity contribution in [3.8, 4) is 0 Å². The number of rotatable bonds is 2. The zero-order valence-corrected chi connectivity index (χ0v) is 10.6. The van der Waals surface area contributed by atoms with Crippen molar-refractivity contribution in [1.82, 2.24) is 4.98 Å². The molecule has 0 aliphatic carbocycles. The Bertz CT molecular complexity index is 755. The van der Waals surface area contributed by atoms with Gasteiger partial charge in [-0.15, -0.1) is 0 Å². The lowest BCUT2D eigenvalue weighted by molar-refractivity contribution is -0.120. The number of benzene rings is 1. The average molecular weight is 269 g/mol. The molecule has 0 saturated carbocycles. The summed E-state index contributed by atoms with van der Waals surface area (Å²) in [5.41, 5.74) is 1.87. The van der Waals surface area contributed by atoms with Crippen molar-refractivity contribution < 1.29 is 14.4 Å². The lowest BCUT2D eigenvalue weighted by Gasteiger charge is -2.12. The van der Waals surface area contributed by atoms with Gasteiger partial charge in [0, 0.05) is 41.9 Å². The molecule has 20 heavy (non-hydrogen) atoms. The molecule has 6 nitrogen and oxygen atoms in total. The van der Waals surface area contributed by atoms with E-state index in [9.17, 15) is 14.4 Å². The van der Waals surface area contributed by atoms with Crippen LogP contribution in [0.1, 0.15) is 6.92 Å². The van der Waals surface area contributed by atoms with Gasteiger partial charge in [0.25, 0.3) is 11.8 Å². The number of anilines is 2. The van der Waals surface area contributed by atoms with Crippen molar-refractivity contribution >= 4 is 40.0 Å². The van der Waals surface area contributed by atoms with Crippen molar-refractivity contribution in [3.63, 3.8) is 0 Å². The standard InChI is InChI=1S/C14H11N3O3/c1-8(18)16-9-2-3-11-10(6-9)12(7-15-11)17-13(19)4-5-14(17)20/h2-7,15H,1H3,(H,16,18). The third-order valence-electron chi connectivity index (χ3n) is 3.03. The largest absolute Gasteiger partial charge is 0.359 e. The molecule has 0 saturated heterocycles. The Kier molecular flexibility index (Phi) is 2.64. The number of nitrogens with one attached hydrogen (secondary N) is 2. The average Bonchev–Trinajstić information content (AvgIpc) is 2.92. The monoisotopic (exact) mass is 269 g/mol. The predicted molar refractivity (Wildman–Crippen MR) is 74.2 cm³/mol. The summed E-state index contributed by atoms with van der Waals surface area (Å²) in [6.07, 6.45) is 4.07. The zero-order valence-electron chi connectivity index (χ0n) is 10.6. The first-order valence-corrected chi connectivity index (χ1v) is 6.01. The summed E-state index contributed by atoms with van der Waals surface area (Å²) in [6, 6.07) is 5.25. The third-order valence-corrected chi connectivity index (χ3v) is 3.03. The van der Waals surface area contributed by atoms with Crippen LogP contribution in [0.2, 0.25) is 0 Å². The first-order valence-electron chi connectivity index (χ1n) is 6.01. The van der Waals surface area contributed by atoms with Gasteiger partial charge in [0.15, 0.2) is 0 Å². The number of imide groups is 1. The molecule has 2 aromatic rings. The highest BCUT2D eigenvalue weighted by Crippen LogP contribution is 2.30. The summed E-state index contributed by atoms with van der Waals surface area (Å²) >= 11 is 0. The molecule has 0 radical (unpaired) electrons. The van der Waals surface area contributed by atoms with Crippen LogP contribution >= 0.6 is 0 Å². The van der Waals surface area contributed by atoms with Gasteiger partial charge in [0.1, 0.15) is 0 Å². The van der Waals surface area contributed by atoms with E-state index >= 15 is 0 Å². The fourth-order valence-corrected chi connectivity index (χ4v) is 2.21. The summed E-state index contributed by atoms with van der Waals surface area (Å²) in [5.74, 6) is -0.932. The van der Waals surface area contributed by atoms with Gasteiger partial charge in [-0.3, -0.25) is 14.4 Å². The highest BCUT2D eigenvalue weighted by molar-refractivity contribution is 6.30. The van der Waals surface area contributed by atoms with E-state index in [0.29, 0.717) is 16.8 Å². The predicted octanol–water partition coefficient (Wildman–Crippen LogP) is 1.56. The number of amides is 3. The van der Waals surface area contributed by atoms with E-state index in [-0.39, 0.29) is 17.7 Å². The molecular formula is C14H11N3O3. The van der Waals surface area contributed by atoms with E-state index in [1.165, 1.54) is 19.1 Å². The first-order chi connectivity index (χ1) is 9.56. The summed E-state index contributed by atoms with van der Waals surface area (Å²) in [6.45, 7) is 1.42. The fraction of sp³-hybridized carbons (Fsp3) is 0.0714. The summed E-state index contributed by atoms with van der Waals surface area (Å²) in [4.78, 5) is 38.6. The topological polar surface area (TPSA) is 82.3 Å². The Morgan fingerprint density at radius 3 is 2.55 bits per heavy atom. The van der Waals surface area contributed by atoms with Crippen molar-refractivity contribution in [2.24, 2.45) is 0 Å². The van der Waals surface area contributed by atoms with Crippen LogP contribution in [0, 0.1) is 0 Å². The Labute approximate surface area is 114 Å². The number of fused-ring (bicyclic) bond motifs is 1. The van der Waals surface area contributed by atoms with Crippen LogP contribution in [0.3, 0.4) is 0 Å². The molecule has 0 fully saturated rings. The van der Waals surface area contributed by atoms with E-state index in [1.54, 1.807) is 24.4 Å². The van der Waals surface area contributed by atoms with Crippen molar-refractivity contribution in [3.05, 3.63) is 36.5 Å². The van der Waals surface area contributed by atoms with Crippen LogP contribution in [-0.2, 0) is 14.4 Å². The molecule has 1 aromatic heterocycles. The minimum absolute atomic E-state index is 0.184. The van der Waals surface area contributed by atoms with Crippen molar-refractivity contribution in [2.45, 2.75) is 6.92 Å². The van der Waals surface area contributed by atoms with Gasteiger partial charge in [0.05, 0.1) is 5.69 Å². The Hall–Kier alpha value is -2.89. The smallest absolute Gasteiger partial charge is 0.258 e. The van der Waals surface area contributed by atoms with Gasteiger partial charge < -0.3 is 10.3 Å². The molecule has 3 amide bonds. The number of carbonyl (C=O) groups is 3. The maximum Gasteiger partial charge on any atom is 0.258 e. The summed E-state index contributed by atoms with van der Waals surface area (Å²) < 4.78 is 0. The molecule has 2 N–H and O–H groups in total. The van der Waals surface area contributed by atoms with Crippen LogP contribution < -0.4 is 10.2 Å². The Morgan fingerprint density at radius 1 is 1.20 bits per heavy atom. The lowest BCUT2D eigenvalue weighted by Crippen LogP contribution is -2.29. The third kappa shape index (κ3) is 1.87. The molecule has 0 bridgehead atoms. The van der Waals surface area contributed by atoms with Gasteiger partial charge in [-0.2, -0.15) is 0 Å². The number of aromatic nitrogens is 1. The van der Waals surface area contributed by atoms with Crippen molar-refractivity contribution in [1.29, 1.82) is 0 Å². The number of H-pyrrole nitrogens is 1. The molecular weight excluding hydrogens is 258 g/mol. The van der Waals surface area contributed by atoms with Crippen molar-refractivity contribution in [2.75, 3.05) is 10.2 Å². The molecule has 0 unspecified atom stereocenters. The molecule has 3 rings (SSSR count). The Balaban J connectivity index is 2.10. The number of aromatic amines is 1. The SMILES string of the molecule is CC(=O)Nc1ccc2[nH]cc(N3C(=O)C=CC3=O)c2c1. The number of carbonyl (C=O) groups excluding carboxylic acids is 3. The van der Waals surface area contributed by atoms with Gasteiger partial charge >= 0.3 is 0 Å². The molecule has 6 heteroatoms. The van der Waals surface area contributed by atoms with Gasteiger partial charge in [-0.1, -0.05) is 0 Å². The molecule has 1 aliphatic rings. The van der Waals surface area contributed by atoms with E-state index < -0.39 is 0 Å². The van der Waals surface area contributed by atoms with E-state index in [0.717, 1.165) is 10.4 Å². The molecule has 2 heterocycles. The minimum atomic E-state index is -0.374. The summed E-state index contributed by atoms with van der Waals surface area (Å²) in [5, 5.41) is 3.37. The molecule has 0 atom stereocenters. The van der Waals surface area contributed by atoms with E-state index in [4.69, 9.17) is 0 Å². The maximum absolute atomic E-state index is 11.7. The minimum Gasteiger partial charge on any atom is -0.359 e. The highest BCUT2D eigenvalue weighted by atomic mass is 16.2. The molecule has 100 valence electrons. The van der Waals surface area contributed by atoms with Crippen LogP contribution in [0.5, 0.6) is 0 Å². The maximum atomic E-state index is 11.7. The van der Waals surface area contributed by atoms with Crippen LogP contribution in [0.4, 0.5) is 11.4 Å². The normalized spacial score (nSPS) is 14.3. The van der Waals surface area contributed by atoms with E-state index in [1.807, 2.05) is 0 Å². The zero-order chi connectivity index (χ0) is 14.3. The number of hydrogen-bond donors (Lipinski definition) is 2. The number of hydrogen-bond acceptors (Lipinski definition) is 3.